The SMILES string of the molecule is COCc1nnc2sc(-c3ncccc3N)nn12. The third-order valence-electron chi connectivity index (χ3n) is 2.37. The van der Waals surface area contributed by atoms with Crippen LogP contribution in [-0.2, 0) is 11.3 Å². The Morgan fingerprint density at radius 1 is 1.44 bits per heavy atom. The molecule has 0 bridgehead atoms. The number of rotatable bonds is 3. The Labute approximate surface area is 106 Å². The molecule has 0 amide bonds. The molecule has 3 heterocycles. The van der Waals surface area contributed by atoms with Crippen LogP contribution in [-0.4, -0.2) is 31.9 Å². The fourth-order valence-electron chi connectivity index (χ4n) is 1.57. The average Bonchev–Trinajstić information content (AvgIpc) is 2.92. The number of nitrogens with two attached hydrogens (primary N) is 1. The van der Waals surface area contributed by atoms with Crippen molar-refractivity contribution in [3.05, 3.63) is 24.2 Å². The van der Waals surface area contributed by atoms with Crippen LogP contribution in [0.2, 0.25) is 0 Å². The van der Waals surface area contributed by atoms with Gasteiger partial charge in [0, 0.05) is 13.3 Å². The molecular weight excluding hydrogens is 252 g/mol. The minimum atomic E-state index is 0.363. The van der Waals surface area contributed by atoms with Crippen molar-refractivity contribution in [2.75, 3.05) is 12.8 Å². The van der Waals surface area contributed by atoms with Crippen LogP contribution in [0.1, 0.15) is 5.82 Å². The predicted molar refractivity (Wildman–Crippen MR) is 67.0 cm³/mol. The highest BCUT2D eigenvalue weighted by molar-refractivity contribution is 7.19. The van der Waals surface area contributed by atoms with Crippen molar-refractivity contribution in [2.24, 2.45) is 0 Å². The van der Waals surface area contributed by atoms with Crippen molar-refractivity contribution in [3.63, 3.8) is 0 Å². The van der Waals surface area contributed by atoms with E-state index in [-0.39, 0.29) is 0 Å². The van der Waals surface area contributed by atoms with Gasteiger partial charge in [0.15, 0.2) is 10.8 Å². The first-order chi connectivity index (χ1) is 8.79. The number of hydrogen-bond acceptors (Lipinski definition) is 7. The molecule has 0 spiro atoms. The molecule has 0 saturated heterocycles. The first-order valence-corrected chi connectivity index (χ1v) is 6.02. The summed E-state index contributed by atoms with van der Waals surface area (Å²) in [5, 5.41) is 13.1. The lowest BCUT2D eigenvalue weighted by Gasteiger charge is -1.98. The highest BCUT2D eigenvalue weighted by Gasteiger charge is 2.14. The minimum absolute atomic E-state index is 0.363. The molecule has 0 aromatic carbocycles. The molecule has 92 valence electrons. The molecule has 0 radical (unpaired) electrons. The van der Waals surface area contributed by atoms with Crippen LogP contribution in [0, 0.1) is 0 Å². The molecule has 3 aromatic heterocycles. The van der Waals surface area contributed by atoms with Gasteiger partial charge in [-0.25, -0.2) is 0 Å². The van der Waals surface area contributed by atoms with E-state index < -0.39 is 0 Å². The molecule has 3 rings (SSSR count). The fraction of sp³-hybridized carbons (Fsp3) is 0.200. The number of nitrogens with zero attached hydrogens (tertiary/aromatic N) is 5. The maximum Gasteiger partial charge on any atom is 0.235 e. The highest BCUT2D eigenvalue weighted by Crippen LogP contribution is 2.27. The summed E-state index contributed by atoms with van der Waals surface area (Å²) in [7, 11) is 1.60. The van der Waals surface area contributed by atoms with Gasteiger partial charge in [0.25, 0.3) is 0 Å². The Kier molecular flexibility index (Phi) is 2.65. The summed E-state index contributed by atoms with van der Waals surface area (Å²) in [5.74, 6) is 0.657. The quantitative estimate of drug-likeness (QED) is 0.756. The Morgan fingerprint density at radius 2 is 2.33 bits per heavy atom. The molecule has 2 N–H and O–H groups in total. The summed E-state index contributed by atoms with van der Waals surface area (Å²) in [4.78, 5) is 4.93. The first kappa shape index (κ1) is 11.1. The summed E-state index contributed by atoms with van der Waals surface area (Å²) in [6.07, 6.45) is 1.68. The molecule has 0 aliphatic heterocycles. The van der Waals surface area contributed by atoms with E-state index >= 15 is 0 Å². The van der Waals surface area contributed by atoms with Crippen LogP contribution in [0.25, 0.3) is 15.7 Å². The standard InChI is InChI=1S/C10H10N6OS/c1-17-5-7-13-14-10-16(7)15-9(18-10)8-6(11)3-2-4-12-8/h2-4H,5,11H2,1H3. The van der Waals surface area contributed by atoms with E-state index in [1.165, 1.54) is 11.3 Å². The number of ether oxygens (including phenoxy) is 1. The van der Waals surface area contributed by atoms with Crippen LogP contribution < -0.4 is 5.73 Å². The second-order valence-electron chi connectivity index (χ2n) is 3.59. The maximum atomic E-state index is 5.87. The van der Waals surface area contributed by atoms with Gasteiger partial charge in [-0.15, -0.1) is 10.2 Å². The van der Waals surface area contributed by atoms with Crippen LogP contribution >= 0.6 is 11.3 Å². The van der Waals surface area contributed by atoms with Gasteiger partial charge < -0.3 is 10.5 Å². The van der Waals surface area contributed by atoms with Gasteiger partial charge in [0.2, 0.25) is 4.96 Å². The summed E-state index contributed by atoms with van der Waals surface area (Å²) in [6.45, 7) is 0.363. The molecule has 0 aliphatic rings. The van der Waals surface area contributed by atoms with E-state index in [4.69, 9.17) is 10.5 Å². The lowest BCUT2D eigenvalue weighted by atomic mass is 10.3. The van der Waals surface area contributed by atoms with Gasteiger partial charge in [-0.3, -0.25) is 4.98 Å². The number of methoxy groups -OCH3 is 1. The molecule has 8 heteroatoms. The third-order valence-corrected chi connectivity index (χ3v) is 3.28. The molecule has 0 fully saturated rings. The third kappa shape index (κ3) is 1.71. The Morgan fingerprint density at radius 3 is 3.11 bits per heavy atom. The van der Waals surface area contributed by atoms with Crippen molar-refractivity contribution in [2.45, 2.75) is 6.61 Å². The first-order valence-electron chi connectivity index (χ1n) is 5.20. The summed E-state index contributed by atoms with van der Waals surface area (Å²) < 4.78 is 6.68. The van der Waals surface area contributed by atoms with E-state index in [0.717, 1.165) is 5.01 Å². The van der Waals surface area contributed by atoms with E-state index in [2.05, 4.69) is 20.3 Å². The van der Waals surface area contributed by atoms with Gasteiger partial charge in [-0.05, 0) is 12.1 Å². The number of aromatic nitrogens is 5. The number of fused-ring (bicyclic) bond motifs is 1. The van der Waals surface area contributed by atoms with Gasteiger partial charge in [-0.2, -0.15) is 9.61 Å². The molecule has 0 atom stereocenters. The number of nitrogen functional groups attached to an aromatic ring is 1. The van der Waals surface area contributed by atoms with E-state index in [1.54, 1.807) is 30.0 Å². The Hall–Kier alpha value is -2.06. The van der Waals surface area contributed by atoms with Crippen molar-refractivity contribution >= 4 is 22.0 Å². The van der Waals surface area contributed by atoms with Gasteiger partial charge in [-0.1, -0.05) is 11.3 Å². The zero-order valence-corrected chi connectivity index (χ0v) is 10.4. The zero-order valence-electron chi connectivity index (χ0n) is 9.57. The van der Waals surface area contributed by atoms with Crippen LogP contribution in [0.4, 0.5) is 5.69 Å². The summed E-state index contributed by atoms with van der Waals surface area (Å²) in [5.41, 5.74) is 7.13. The molecule has 0 unspecified atom stereocenters. The Bertz CT molecular complexity index is 691. The minimum Gasteiger partial charge on any atom is -0.397 e. The zero-order chi connectivity index (χ0) is 12.5. The number of hydrogen-bond donors (Lipinski definition) is 1. The van der Waals surface area contributed by atoms with Crippen molar-refractivity contribution in [1.29, 1.82) is 0 Å². The second kappa shape index (κ2) is 4.31. The van der Waals surface area contributed by atoms with Crippen LogP contribution in [0.5, 0.6) is 0 Å². The second-order valence-corrected chi connectivity index (χ2v) is 4.55. The smallest absolute Gasteiger partial charge is 0.235 e. The normalized spacial score (nSPS) is 11.2. The average molecular weight is 262 g/mol. The molecule has 7 nitrogen and oxygen atoms in total. The molecule has 3 aromatic rings. The molecule has 18 heavy (non-hydrogen) atoms. The van der Waals surface area contributed by atoms with Crippen molar-refractivity contribution in [3.8, 4) is 10.7 Å². The highest BCUT2D eigenvalue weighted by atomic mass is 32.1. The van der Waals surface area contributed by atoms with Gasteiger partial charge >= 0.3 is 0 Å². The fourth-order valence-corrected chi connectivity index (χ4v) is 2.45. The number of anilines is 1. The number of pyridine rings is 1. The lowest BCUT2D eigenvalue weighted by Crippen LogP contribution is -1.98. The van der Waals surface area contributed by atoms with Crippen LogP contribution in [0.3, 0.4) is 0 Å². The summed E-state index contributed by atoms with van der Waals surface area (Å²) in [6, 6.07) is 3.58. The van der Waals surface area contributed by atoms with Crippen LogP contribution in [0.15, 0.2) is 18.3 Å². The van der Waals surface area contributed by atoms with Crippen molar-refractivity contribution in [1.82, 2.24) is 24.8 Å². The molecule has 0 saturated carbocycles. The molecular formula is C10H10N6OS. The van der Waals surface area contributed by atoms with Gasteiger partial charge in [0.1, 0.15) is 12.3 Å². The Balaban J connectivity index is 2.11. The monoisotopic (exact) mass is 262 g/mol. The van der Waals surface area contributed by atoms with Gasteiger partial charge in [0.05, 0.1) is 5.69 Å². The lowest BCUT2D eigenvalue weighted by molar-refractivity contribution is 0.176. The topological polar surface area (TPSA) is 91.2 Å². The van der Waals surface area contributed by atoms with E-state index in [9.17, 15) is 0 Å². The van der Waals surface area contributed by atoms with Crippen molar-refractivity contribution < 1.29 is 4.74 Å². The summed E-state index contributed by atoms with van der Waals surface area (Å²) >= 11 is 1.39. The molecule has 0 aliphatic carbocycles. The maximum absolute atomic E-state index is 5.87. The van der Waals surface area contributed by atoms with E-state index in [0.29, 0.717) is 28.8 Å². The predicted octanol–water partition coefficient (Wildman–Crippen LogP) is 0.976. The van der Waals surface area contributed by atoms with E-state index in [1.807, 2.05) is 0 Å². The largest absolute Gasteiger partial charge is 0.397 e.